The fourth-order valence-electron chi connectivity index (χ4n) is 2.72. The number of hydrogen-bond donors (Lipinski definition) is 1. The van der Waals surface area contributed by atoms with E-state index in [1.165, 1.54) is 18.2 Å². The van der Waals surface area contributed by atoms with Gasteiger partial charge in [0.1, 0.15) is 5.82 Å². The normalized spacial score (nSPS) is 11.3. The Morgan fingerprint density at radius 1 is 1.04 bits per heavy atom. The van der Waals surface area contributed by atoms with Gasteiger partial charge in [0.05, 0.1) is 11.3 Å². The maximum absolute atomic E-state index is 13.2. The maximum atomic E-state index is 13.2. The minimum absolute atomic E-state index is 0.0778. The molecule has 0 saturated heterocycles. The van der Waals surface area contributed by atoms with E-state index < -0.39 is 11.7 Å². The number of aryl methyl sites for hydroxylation is 1. The first kappa shape index (κ1) is 19.6. The number of alkyl halides is 3. The maximum Gasteiger partial charge on any atom is 0.418 e. The Kier molecular flexibility index (Phi) is 5.77. The smallest absolute Gasteiger partial charge is 0.359 e. The van der Waals surface area contributed by atoms with E-state index in [1.807, 2.05) is 24.1 Å². The molecule has 2 aromatic heterocycles. The Morgan fingerprint density at radius 2 is 1.75 bits per heavy atom. The molecule has 0 unspecified atom stereocenters. The van der Waals surface area contributed by atoms with Crippen LogP contribution >= 0.6 is 0 Å². The highest BCUT2D eigenvalue weighted by atomic mass is 19.4. The van der Waals surface area contributed by atoms with Gasteiger partial charge in [0.2, 0.25) is 5.95 Å². The molecule has 2 heterocycles. The summed E-state index contributed by atoms with van der Waals surface area (Å²) in [6.45, 7) is 2.47. The zero-order valence-electron chi connectivity index (χ0n) is 15.5. The number of aromatic nitrogens is 3. The second kappa shape index (κ2) is 8.24. The molecule has 3 aromatic rings. The molecular formula is C20H20F3N5. The molecule has 0 saturated carbocycles. The number of anilines is 3. The van der Waals surface area contributed by atoms with Gasteiger partial charge < -0.3 is 10.2 Å². The molecule has 1 N–H and O–H groups in total. The molecule has 0 atom stereocenters. The first-order chi connectivity index (χ1) is 13.3. The lowest BCUT2D eigenvalue weighted by atomic mass is 10.1. The summed E-state index contributed by atoms with van der Waals surface area (Å²) in [6.07, 6.45) is -0.187. The largest absolute Gasteiger partial charge is 0.418 e. The van der Waals surface area contributed by atoms with Crippen LogP contribution in [0.4, 0.5) is 30.6 Å². The van der Waals surface area contributed by atoms with Crippen molar-refractivity contribution in [1.29, 1.82) is 0 Å². The molecule has 0 radical (unpaired) electrons. The van der Waals surface area contributed by atoms with Crippen molar-refractivity contribution < 1.29 is 13.2 Å². The van der Waals surface area contributed by atoms with E-state index in [4.69, 9.17) is 0 Å². The topological polar surface area (TPSA) is 53.9 Å². The summed E-state index contributed by atoms with van der Waals surface area (Å²) >= 11 is 0. The molecule has 5 nitrogen and oxygen atoms in total. The minimum Gasteiger partial charge on any atom is -0.359 e. The van der Waals surface area contributed by atoms with Crippen LogP contribution in [0.3, 0.4) is 0 Å². The quantitative estimate of drug-likeness (QED) is 0.669. The highest BCUT2D eigenvalue weighted by Gasteiger charge is 2.33. The summed E-state index contributed by atoms with van der Waals surface area (Å²) in [6, 6.07) is 11.0. The zero-order valence-corrected chi connectivity index (χ0v) is 15.5. The Balaban J connectivity index is 1.78. The van der Waals surface area contributed by atoms with Crippen LogP contribution in [0.15, 0.2) is 54.9 Å². The van der Waals surface area contributed by atoms with Gasteiger partial charge in [0, 0.05) is 37.7 Å². The van der Waals surface area contributed by atoms with E-state index in [0.717, 1.165) is 18.1 Å². The third-order valence-electron chi connectivity index (χ3n) is 4.20. The molecule has 0 fully saturated rings. The van der Waals surface area contributed by atoms with Gasteiger partial charge >= 0.3 is 6.18 Å². The zero-order chi connectivity index (χ0) is 20.1. The van der Waals surface area contributed by atoms with Crippen molar-refractivity contribution in [1.82, 2.24) is 15.0 Å². The van der Waals surface area contributed by atoms with E-state index in [-0.39, 0.29) is 11.6 Å². The van der Waals surface area contributed by atoms with Crippen LogP contribution < -0.4 is 10.2 Å². The van der Waals surface area contributed by atoms with Crippen molar-refractivity contribution >= 4 is 17.5 Å². The van der Waals surface area contributed by atoms with Gasteiger partial charge in [-0.05, 0) is 43.2 Å². The van der Waals surface area contributed by atoms with Crippen molar-refractivity contribution in [2.75, 3.05) is 23.8 Å². The molecule has 0 aliphatic carbocycles. The molecule has 0 spiro atoms. The van der Waals surface area contributed by atoms with Gasteiger partial charge in [-0.15, -0.1) is 0 Å². The van der Waals surface area contributed by atoms with Crippen LogP contribution in [0, 0.1) is 6.92 Å². The molecular weight excluding hydrogens is 367 g/mol. The molecule has 0 aliphatic heterocycles. The molecule has 146 valence electrons. The van der Waals surface area contributed by atoms with Gasteiger partial charge in [0.15, 0.2) is 0 Å². The minimum atomic E-state index is -4.46. The molecule has 0 amide bonds. The summed E-state index contributed by atoms with van der Waals surface area (Å²) < 4.78 is 39.6. The molecule has 0 bridgehead atoms. The van der Waals surface area contributed by atoms with E-state index in [0.29, 0.717) is 18.1 Å². The van der Waals surface area contributed by atoms with Gasteiger partial charge in [-0.25, -0.2) is 4.98 Å². The van der Waals surface area contributed by atoms with Crippen LogP contribution in [0.1, 0.15) is 16.8 Å². The van der Waals surface area contributed by atoms with E-state index >= 15 is 0 Å². The molecule has 1 aromatic carbocycles. The predicted octanol–water partition coefficient (Wildman–Crippen LogP) is 4.62. The van der Waals surface area contributed by atoms with Gasteiger partial charge in [-0.3, -0.25) is 4.98 Å². The number of halogens is 3. The summed E-state index contributed by atoms with van der Waals surface area (Å²) in [5.74, 6) is 0.760. The monoisotopic (exact) mass is 387 g/mol. The highest BCUT2D eigenvalue weighted by molar-refractivity contribution is 5.60. The standard InChI is InChI=1S/C20H20F3N5/c1-14-13-18(28(2)12-9-15-7-10-24-11-8-15)27-19(25-14)26-17-6-4-3-5-16(17)20(21,22)23/h3-8,10-11,13H,9,12H2,1-2H3,(H,25,26,27). The number of likely N-dealkylation sites (N-methyl/N-ethyl adjacent to an activating group) is 1. The molecule has 28 heavy (non-hydrogen) atoms. The van der Waals surface area contributed by atoms with Gasteiger partial charge in [-0.2, -0.15) is 18.2 Å². The second-order valence-electron chi connectivity index (χ2n) is 6.39. The van der Waals surface area contributed by atoms with Crippen LogP contribution in [0.25, 0.3) is 0 Å². The van der Waals surface area contributed by atoms with E-state index in [1.54, 1.807) is 25.4 Å². The lowest BCUT2D eigenvalue weighted by molar-refractivity contribution is -0.136. The summed E-state index contributed by atoms with van der Waals surface area (Å²) in [5.41, 5.74) is 0.969. The number of nitrogens with one attached hydrogen (secondary N) is 1. The Labute approximate surface area is 161 Å². The van der Waals surface area contributed by atoms with E-state index in [2.05, 4.69) is 20.3 Å². The van der Waals surface area contributed by atoms with E-state index in [9.17, 15) is 13.2 Å². The number of benzene rings is 1. The Hall–Kier alpha value is -3.16. The highest BCUT2D eigenvalue weighted by Crippen LogP contribution is 2.35. The van der Waals surface area contributed by atoms with Crippen LogP contribution in [-0.4, -0.2) is 28.5 Å². The third kappa shape index (κ3) is 4.97. The van der Waals surface area contributed by atoms with Crippen LogP contribution in [-0.2, 0) is 12.6 Å². The number of hydrogen-bond acceptors (Lipinski definition) is 5. The second-order valence-corrected chi connectivity index (χ2v) is 6.39. The SMILES string of the molecule is Cc1cc(N(C)CCc2ccncc2)nc(Nc2ccccc2C(F)(F)F)n1. The lowest BCUT2D eigenvalue weighted by Crippen LogP contribution is -2.22. The first-order valence-electron chi connectivity index (χ1n) is 8.72. The number of nitrogens with zero attached hydrogens (tertiary/aromatic N) is 4. The van der Waals surface area contributed by atoms with Crippen LogP contribution in [0.5, 0.6) is 0 Å². The fourth-order valence-corrected chi connectivity index (χ4v) is 2.72. The first-order valence-corrected chi connectivity index (χ1v) is 8.72. The van der Waals surface area contributed by atoms with Gasteiger partial charge in [-0.1, -0.05) is 12.1 Å². The number of rotatable bonds is 6. The summed E-state index contributed by atoms with van der Waals surface area (Å²) in [5, 5.41) is 2.71. The van der Waals surface area contributed by atoms with Crippen molar-refractivity contribution in [2.45, 2.75) is 19.5 Å². The van der Waals surface area contributed by atoms with Crippen LogP contribution in [0.2, 0.25) is 0 Å². The average molecular weight is 387 g/mol. The molecule has 8 heteroatoms. The summed E-state index contributed by atoms with van der Waals surface area (Å²) in [4.78, 5) is 14.6. The third-order valence-corrected chi connectivity index (χ3v) is 4.20. The van der Waals surface area contributed by atoms with Gasteiger partial charge in [0.25, 0.3) is 0 Å². The number of pyridine rings is 1. The molecule has 0 aliphatic rings. The average Bonchev–Trinajstić information content (AvgIpc) is 2.66. The Morgan fingerprint density at radius 3 is 2.46 bits per heavy atom. The lowest BCUT2D eigenvalue weighted by Gasteiger charge is -2.20. The Bertz CT molecular complexity index is 929. The van der Waals surface area contributed by atoms with Crippen molar-refractivity contribution in [2.24, 2.45) is 0 Å². The molecule has 3 rings (SSSR count). The van der Waals surface area contributed by atoms with Crippen molar-refractivity contribution in [3.8, 4) is 0 Å². The van der Waals surface area contributed by atoms with Crippen molar-refractivity contribution in [3.63, 3.8) is 0 Å². The summed E-state index contributed by atoms with van der Waals surface area (Å²) in [7, 11) is 1.89. The predicted molar refractivity (Wildman–Crippen MR) is 103 cm³/mol. The number of para-hydroxylation sites is 1. The fraction of sp³-hybridized carbons (Fsp3) is 0.250. The van der Waals surface area contributed by atoms with Crippen molar-refractivity contribution in [3.05, 3.63) is 71.7 Å².